The van der Waals surface area contributed by atoms with Gasteiger partial charge in [-0.15, -0.1) is 0 Å². The lowest BCUT2D eigenvalue weighted by molar-refractivity contribution is -0.139. The minimum absolute atomic E-state index is 0.173. The molecule has 3 saturated heterocycles. The Bertz CT molecular complexity index is 252. The molecule has 2 bridgehead atoms. The summed E-state index contributed by atoms with van der Waals surface area (Å²) in [6.45, 7) is 3.83. The van der Waals surface area contributed by atoms with Crippen LogP contribution >= 0.6 is 0 Å². The van der Waals surface area contributed by atoms with E-state index in [-0.39, 0.29) is 6.42 Å². The van der Waals surface area contributed by atoms with Crippen molar-refractivity contribution in [1.82, 2.24) is 10.2 Å². The van der Waals surface area contributed by atoms with Crippen LogP contribution in [0.1, 0.15) is 19.3 Å². The van der Waals surface area contributed by atoms with Gasteiger partial charge >= 0.3 is 5.97 Å². The van der Waals surface area contributed by atoms with Crippen molar-refractivity contribution in [3.05, 3.63) is 0 Å². The molecule has 3 heterocycles. The van der Waals surface area contributed by atoms with E-state index in [0.29, 0.717) is 18.5 Å². The first-order valence-electron chi connectivity index (χ1n) is 6.00. The Kier molecular flexibility index (Phi) is 3.78. The average molecular weight is 228 g/mol. The van der Waals surface area contributed by atoms with Crippen molar-refractivity contribution in [3.63, 3.8) is 0 Å². The van der Waals surface area contributed by atoms with Gasteiger partial charge in [0.05, 0.1) is 12.5 Å². The molecule has 0 aromatic carbocycles. The Labute approximate surface area is 95.4 Å². The molecule has 3 N–H and O–H groups in total. The number of carbonyl (C=O) groups is 1. The van der Waals surface area contributed by atoms with E-state index in [0.717, 1.165) is 6.54 Å². The molecule has 0 amide bonds. The fourth-order valence-electron chi connectivity index (χ4n) is 2.76. The molecular weight excluding hydrogens is 208 g/mol. The maximum Gasteiger partial charge on any atom is 0.306 e. The number of aliphatic hydroxyl groups is 1. The molecule has 92 valence electrons. The smallest absolute Gasteiger partial charge is 0.306 e. The van der Waals surface area contributed by atoms with Crippen molar-refractivity contribution in [2.45, 2.75) is 31.4 Å². The number of carboxylic acids is 1. The van der Waals surface area contributed by atoms with Gasteiger partial charge in [0.2, 0.25) is 0 Å². The molecule has 5 nitrogen and oxygen atoms in total. The summed E-state index contributed by atoms with van der Waals surface area (Å²) in [4.78, 5) is 12.8. The first kappa shape index (κ1) is 11.8. The number of aliphatic hydroxyl groups excluding tert-OH is 1. The highest BCUT2D eigenvalue weighted by Crippen LogP contribution is 2.27. The molecule has 2 atom stereocenters. The summed E-state index contributed by atoms with van der Waals surface area (Å²) in [5.41, 5.74) is 0. The summed E-state index contributed by atoms with van der Waals surface area (Å²) < 4.78 is 0. The van der Waals surface area contributed by atoms with Gasteiger partial charge in [0.1, 0.15) is 0 Å². The van der Waals surface area contributed by atoms with Gasteiger partial charge in [-0.05, 0) is 31.8 Å². The number of nitrogens with zero attached hydrogens (tertiary/aromatic N) is 1. The minimum atomic E-state index is -0.941. The molecule has 0 aliphatic carbocycles. The van der Waals surface area contributed by atoms with Crippen LogP contribution in [-0.2, 0) is 4.79 Å². The fourth-order valence-corrected chi connectivity index (χ4v) is 2.76. The van der Waals surface area contributed by atoms with E-state index >= 15 is 0 Å². The van der Waals surface area contributed by atoms with E-state index in [9.17, 15) is 9.90 Å². The molecule has 3 fully saturated rings. The van der Waals surface area contributed by atoms with Gasteiger partial charge in [-0.1, -0.05) is 0 Å². The highest BCUT2D eigenvalue weighted by atomic mass is 16.4. The lowest BCUT2D eigenvalue weighted by atomic mass is 9.84. The molecule has 0 aromatic rings. The van der Waals surface area contributed by atoms with Crippen LogP contribution in [0.2, 0.25) is 0 Å². The van der Waals surface area contributed by atoms with E-state index in [4.69, 9.17) is 5.11 Å². The summed E-state index contributed by atoms with van der Waals surface area (Å²) >= 11 is 0. The van der Waals surface area contributed by atoms with Gasteiger partial charge in [-0.2, -0.15) is 0 Å². The minimum Gasteiger partial charge on any atom is -0.481 e. The van der Waals surface area contributed by atoms with E-state index in [1.54, 1.807) is 0 Å². The van der Waals surface area contributed by atoms with Crippen molar-refractivity contribution in [2.75, 3.05) is 26.2 Å². The Balaban J connectivity index is 1.72. The first-order valence-corrected chi connectivity index (χ1v) is 6.00. The highest BCUT2D eigenvalue weighted by Gasteiger charge is 2.33. The Morgan fingerprint density at radius 2 is 2.12 bits per heavy atom. The standard InChI is InChI=1S/C11H20N2O3/c14-9(5-11(15)16)6-12-10-7-13-3-1-8(10)2-4-13/h8-10,12,14H,1-7H2,(H,15,16). The van der Waals surface area contributed by atoms with Gasteiger partial charge in [-0.25, -0.2) is 0 Å². The van der Waals surface area contributed by atoms with Crippen molar-refractivity contribution in [3.8, 4) is 0 Å². The zero-order chi connectivity index (χ0) is 11.5. The molecule has 16 heavy (non-hydrogen) atoms. The van der Waals surface area contributed by atoms with Crippen molar-refractivity contribution in [2.24, 2.45) is 5.92 Å². The molecule has 3 rings (SSSR count). The van der Waals surface area contributed by atoms with Crippen LogP contribution in [0.3, 0.4) is 0 Å². The van der Waals surface area contributed by atoms with Crippen molar-refractivity contribution in [1.29, 1.82) is 0 Å². The number of nitrogens with one attached hydrogen (secondary N) is 1. The number of hydrogen-bond donors (Lipinski definition) is 3. The number of aliphatic carboxylic acids is 1. The predicted molar refractivity (Wildman–Crippen MR) is 59.2 cm³/mol. The molecule has 0 aromatic heterocycles. The van der Waals surface area contributed by atoms with Crippen LogP contribution in [0.4, 0.5) is 0 Å². The number of piperidine rings is 3. The number of carboxylic acid groups (broad SMARTS) is 1. The molecule has 3 aliphatic rings. The maximum atomic E-state index is 10.4. The third kappa shape index (κ3) is 2.93. The SMILES string of the molecule is O=C(O)CC(O)CNC1CN2CCC1CC2. The molecular formula is C11H20N2O3. The lowest BCUT2D eigenvalue weighted by Crippen LogP contribution is -2.57. The first-order chi connectivity index (χ1) is 7.65. The summed E-state index contributed by atoms with van der Waals surface area (Å²) in [6.07, 6.45) is 1.51. The van der Waals surface area contributed by atoms with Gasteiger partial charge < -0.3 is 20.4 Å². The summed E-state index contributed by atoms with van der Waals surface area (Å²) in [6, 6.07) is 0.436. The predicted octanol–water partition coefficient (Wildman–Crippen LogP) is -0.494. The third-order valence-electron chi connectivity index (χ3n) is 3.68. The largest absolute Gasteiger partial charge is 0.481 e. The molecule has 0 spiro atoms. The monoisotopic (exact) mass is 228 g/mol. The molecule has 0 radical (unpaired) electrons. The number of hydrogen-bond acceptors (Lipinski definition) is 4. The van der Waals surface area contributed by atoms with Crippen LogP contribution in [0, 0.1) is 5.92 Å². The molecule has 0 saturated carbocycles. The second-order valence-electron chi connectivity index (χ2n) is 4.90. The van der Waals surface area contributed by atoms with E-state index in [1.807, 2.05) is 0 Å². The van der Waals surface area contributed by atoms with E-state index < -0.39 is 12.1 Å². The second-order valence-corrected chi connectivity index (χ2v) is 4.90. The quantitative estimate of drug-likeness (QED) is 0.592. The lowest BCUT2D eigenvalue weighted by Gasteiger charge is -2.45. The van der Waals surface area contributed by atoms with Crippen LogP contribution in [0.15, 0.2) is 0 Å². The molecule has 2 unspecified atom stereocenters. The summed E-state index contributed by atoms with van der Waals surface area (Å²) in [5.74, 6) is -0.231. The maximum absolute atomic E-state index is 10.4. The van der Waals surface area contributed by atoms with Crippen LogP contribution in [0.25, 0.3) is 0 Å². The fraction of sp³-hybridized carbons (Fsp3) is 0.909. The van der Waals surface area contributed by atoms with Crippen molar-refractivity contribution < 1.29 is 15.0 Å². The third-order valence-corrected chi connectivity index (χ3v) is 3.68. The Morgan fingerprint density at radius 1 is 1.44 bits per heavy atom. The van der Waals surface area contributed by atoms with E-state index in [2.05, 4.69) is 10.2 Å². The zero-order valence-electron chi connectivity index (χ0n) is 9.43. The topological polar surface area (TPSA) is 72.8 Å². The van der Waals surface area contributed by atoms with Crippen LogP contribution in [-0.4, -0.2) is 59.4 Å². The van der Waals surface area contributed by atoms with Gasteiger partial charge in [0.25, 0.3) is 0 Å². The normalized spacial score (nSPS) is 34.9. The second kappa shape index (κ2) is 5.12. The average Bonchev–Trinajstić information content (AvgIpc) is 2.27. The summed E-state index contributed by atoms with van der Waals surface area (Å²) in [5, 5.41) is 21.3. The number of fused-ring (bicyclic) bond motifs is 3. The van der Waals surface area contributed by atoms with Gasteiger partial charge in [-0.3, -0.25) is 4.79 Å². The zero-order valence-corrected chi connectivity index (χ0v) is 9.43. The summed E-state index contributed by atoms with van der Waals surface area (Å²) in [7, 11) is 0. The van der Waals surface area contributed by atoms with E-state index in [1.165, 1.54) is 25.9 Å². The van der Waals surface area contributed by atoms with Crippen LogP contribution in [0.5, 0.6) is 0 Å². The van der Waals surface area contributed by atoms with Gasteiger partial charge in [0, 0.05) is 19.1 Å². The molecule has 3 aliphatic heterocycles. The van der Waals surface area contributed by atoms with Gasteiger partial charge in [0.15, 0.2) is 0 Å². The molecule has 5 heteroatoms. The number of rotatable bonds is 5. The Morgan fingerprint density at radius 3 is 2.62 bits per heavy atom. The van der Waals surface area contributed by atoms with Crippen molar-refractivity contribution >= 4 is 5.97 Å². The van der Waals surface area contributed by atoms with Crippen LogP contribution < -0.4 is 5.32 Å². The highest BCUT2D eigenvalue weighted by molar-refractivity contribution is 5.67. The Hall–Kier alpha value is -0.650.